The number of hydrogen-bond donors (Lipinski definition) is 1. The molecule has 1 N–H and O–H groups in total. The number of hydrogen-bond acceptors (Lipinski definition) is 3. The largest absolute Gasteiger partial charge is 0.493 e. The molecule has 0 aliphatic carbocycles. The van der Waals surface area contributed by atoms with Gasteiger partial charge in [0.1, 0.15) is 0 Å². The number of nitrogens with zero attached hydrogens (tertiary/aromatic N) is 2. The summed E-state index contributed by atoms with van der Waals surface area (Å²) >= 11 is 0. The van der Waals surface area contributed by atoms with Crippen LogP contribution in [0.15, 0.2) is 24.3 Å². The Hall–Kier alpha value is -3.16. The van der Waals surface area contributed by atoms with Gasteiger partial charge in [0.05, 0.1) is 30.1 Å². The molecule has 0 aromatic heterocycles. The van der Waals surface area contributed by atoms with Crippen LogP contribution in [0.5, 0.6) is 5.75 Å². The third kappa shape index (κ3) is 3.39. The second-order valence-electron chi connectivity index (χ2n) is 7.00. The van der Waals surface area contributed by atoms with Crippen molar-refractivity contribution in [1.82, 2.24) is 0 Å². The van der Waals surface area contributed by atoms with Gasteiger partial charge in [-0.05, 0) is 55.7 Å². The van der Waals surface area contributed by atoms with E-state index in [0.29, 0.717) is 17.8 Å². The number of fused-ring (bicyclic) bond motifs is 1. The number of carboxylic acid groups (broad SMARTS) is 1. The van der Waals surface area contributed by atoms with Crippen LogP contribution in [0.2, 0.25) is 0 Å². The fraction of sp³-hybridized carbons (Fsp3) is 0.333. The van der Waals surface area contributed by atoms with Crippen LogP contribution in [0.4, 0.5) is 25.0 Å². The smallest absolute Gasteiger partial charge is 0.412 e. The van der Waals surface area contributed by atoms with Gasteiger partial charge in [-0.2, -0.15) is 4.39 Å². The fourth-order valence-corrected chi connectivity index (χ4v) is 3.59. The van der Waals surface area contributed by atoms with Gasteiger partial charge < -0.3 is 14.7 Å². The van der Waals surface area contributed by atoms with Crippen molar-refractivity contribution in [2.45, 2.75) is 33.2 Å². The Morgan fingerprint density at radius 1 is 1.17 bits per heavy atom. The van der Waals surface area contributed by atoms with E-state index in [2.05, 4.69) is 0 Å². The maximum atomic E-state index is 14.2. The molecule has 154 valence electrons. The summed E-state index contributed by atoms with van der Waals surface area (Å²) in [5, 5.41) is 9.75. The first kappa shape index (κ1) is 20.6. The number of carbonyl (C=O) groups excluding carboxylic acids is 1. The molecule has 3 rings (SSSR count). The number of ether oxygens (including phenoxy) is 1. The van der Waals surface area contributed by atoms with E-state index in [1.165, 1.54) is 15.9 Å². The van der Waals surface area contributed by atoms with Gasteiger partial charge in [-0.3, -0.25) is 9.69 Å². The molecule has 2 amide bonds. The molecule has 6 nitrogen and oxygen atoms in total. The highest BCUT2D eigenvalue weighted by Gasteiger charge is 2.38. The fourth-order valence-electron chi connectivity index (χ4n) is 3.59. The SMILES string of the molecule is CCC1CN(C(=O)c2ccc(F)c(F)c2OC)c2cc(C)c(C)cc2N1C(=O)O. The summed E-state index contributed by atoms with van der Waals surface area (Å²) in [6.45, 7) is 5.62. The zero-order valence-corrected chi connectivity index (χ0v) is 16.6. The Bertz CT molecular complexity index is 993. The molecule has 0 saturated carbocycles. The summed E-state index contributed by atoms with van der Waals surface area (Å²) in [7, 11) is 1.16. The molecule has 0 fully saturated rings. The van der Waals surface area contributed by atoms with Crippen molar-refractivity contribution in [2.24, 2.45) is 0 Å². The maximum absolute atomic E-state index is 14.2. The summed E-state index contributed by atoms with van der Waals surface area (Å²) in [6.07, 6.45) is -0.643. The Morgan fingerprint density at radius 2 is 1.79 bits per heavy atom. The number of halogens is 2. The molecule has 1 atom stereocenters. The van der Waals surface area contributed by atoms with Crippen molar-refractivity contribution in [3.63, 3.8) is 0 Å². The van der Waals surface area contributed by atoms with Crippen LogP contribution in [0.25, 0.3) is 0 Å². The van der Waals surface area contributed by atoms with Gasteiger partial charge in [0, 0.05) is 6.54 Å². The van der Waals surface area contributed by atoms with Gasteiger partial charge in [0.2, 0.25) is 5.82 Å². The minimum Gasteiger partial charge on any atom is -0.493 e. The molecule has 0 radical (unpaired) electrons. The number of amides is 2. The summed E-state index contributed by atoms with van der Waals surface area (Å²) < 4.78 is 32.7. The van der Waals surface area contributed by atoms with E-state index in [4.69, 9.17) is 4.74 Å². The highest BCUT2D eigenvalue weighted by Crippen LogP contribution is 2.40. The van der Waals surface area contributed by atoms with Crippen LogP contribution in [0, 0.1) is 25.5 Å². The highest BCUT2D eigenvalue weighted by molar-refractivity contribution is 6.11. The van der Waals surface area contributed by atoms with Gasteiger partial charge in [-0.1, -0.05) is 6.92 Å². The second-order valence-corrected chi connectivity index (χ2v) is 7.00. The third-order valence-electron chi connectivity index (χ3n) is 5.31. The minimum absolute atomic E-state index is 0.0826. The first-order chi connectivity index (χ1) is 13.7. The molecule has 29 heavy (non-hydrogen) atoms. The molecule has 0 saturated heterocycles. The molecule has 1 heterocycles. The van der Waals surface area contributed by atoms with Crippen molar-refractivity contribution < 1.29 is 28.2 Å². The normalized spacial score (nSPS) is 15.9. The number of anilines is 2. The monoisotopic (exact) mass is 404 g/mol. The Morgan fingerprint density at radius 3 is 2.34 bits per heavy atom. The van der Waals surface area contributed by atoms with Gasteiger partial charge in [0.25, 0.3) is 5.91 Å². The minimum atomic E-state index is -1.24. The van der Waals surface area contributed by atoms with Crippen LogP contribution in [0.3, 0.4) is 0 Å². The van der Waals surface area contributed by atoms with Crippen LogP contribution < -0.4 is 14.5 Å². The Kier molecular flexibility index (Phi) is 5.46. The Labute approximate surface area is 167 Å². The number of carbonyl (C=O) groups is 2. The lowest BCUT2D eigenvalue weighted by molar-refractivity contribution is 0.0978. The number of methoxy groups -OCH3 is 1. The number of rotatable bonds is 3. The van der Waals surface area contributed by atoms with E-state index in [1.807, 2.05) is 20.8 Å². The highest BCUT2D eigenvalue weighted by atomic mass is 19.2. The van der Waals surface area contributed by atoms with E-state index in [1.54, 1.807) is 12.1 Å². The van der Waals surface area contributed by atoms with Gasteiger partial charge >= 0.3 is 6.09 Å². The summed E-state index contributed by atoms with van der Waals surface area (Å²) in [5.74, 6) is -3.43. The lowest BCUT2D eigenvalue weighted by Gasteiger charge is -2.41. The van der Waals surface area contributed by atoms with Crippen LogP contribution in [0.1, 0.15) is 34.8 Å². The quantitative estimate of drug-likeness (QED) is 0.817. The predicted molar refractivity (Wildman–Crippen MR) is 105 cm³/mol. The molecular weight excluding hydrogens is 382 g/mol. The molecule has 1 aliphatic heterocycles. The molecule has 8 heteroatoms. The average molecular weight is 404 g/mol. The van der Waals surface area contributed by atoms with Crippen LogP contribution in [-0.2, 0) is 0 Å². The molecule has 0 bridgehead atoms. The molecular formula is C21H22F2N2O4. The first-order valence-corrected chi connectivity index (χ1v) is 9.18. The first-order valence-electron chi connectivity index (χ1n) is 9.18. The standard InChI is InChI=1S/C21H22F2N2O4/c1-5-13-10-24(20(26)14-6-7-15(22)18(23)19(14)29-4)16-8-11(2)12(3)9-17(16)25(13)21(27)28/h6-9,13H,5,10H2,1-4H3,(H,27,28). The second kappa shape index (κ2) is 7.69. The predicted octanol–water partition coefficient (Wildman–Crippen LogP) is 4.51. The van der Waals surface area contributed by atoms with Crippen LogP contribution in [-0.4, -0.2) is 36.8 Å². The molecule has 2 aromatic rings. The zero-order valence-electron chi connectivity index (χ0n) is 16.6. The summed E-state index contributed by atoms with van der Waals surface area (Å²) in [5.41, 5.74) is 2.41. The van der Waals surface area contributed by atoms with E-state index in [-0.39, 0.29) is 12.1 Å². The summed E-state index contributed by atoms with van der Waals surface area (Å²) in [6, 6.07) is 5.02. The molecule has 0 spiro atoms. The van der Waals surface area contributed by atoms with Crippen molar-refractivity contribution in [3.05, 3.63) is 52.6 Å². The topological polar surface area (TPSA) is 70.1 Å². The van der Waals surface area contributed by atoms with E-state index >= 15 is 0 Å². The van der Waals surface area contributed by atoms with Gasteiger partial charge in [-0.15, -0.1) is 0 Å². The molecule has 1 aliphatic rings. The van der Waals surface area contributed by atoms with Crippen molar-refractivity contribution in [1.29, 1.82) is 0 Å². The van der Waals surface area contributed by atoms with Crippen molar-refractivity contribution in [2.75, 3.05) is 23.5 Å². The lowest BCUT2D eigenvalue weighted by atomic mass is 9.99. The van der Waals surface area contributed by atoms with Gasteiger partial charge in [0.15, 0.2) is 11.6 Å². The molecule has 1 unspecified atom stereocenters. The Balaban J connectivity index is 2.19. The number of aryl methyl sites for hydroxylation is 2. The zero-order chi connectivity index (χ0) is 21.5. The van der Waals surface area contributed by atoms with Crippen molar-refractivity contribution in [3.8, 4) is 5.75 Å². The van der Waals surface area contributed by atoms with Crippen LogP contribution >= 0.6 is 0 Å². The lowest BCUT2D eigenvalue weighted by Crippen LogP contribution is -2.52. The molecule has 2 aromatic carbocycles. The number of benzene rings is 2. The van der Waals surface area contributed by atoms with E-state index in [0.717, 1.165) is 24.3 Å². The van der Waals surface area contributed by atoms with Crippen molar-refractivity contribution >= 4 is 23.4 Å². The van der Waals surface area contributed by atoms with E-state index in [9.17, 15) is 23.5 Å². The average Bonchev–Trinajstić information content (AvgIpc) is 2.68. The summed E-state index contributed by atoms with van der Waals surface area (Å²) in [4.78, 5) is 27.9. The maximum Gasteiger partial charge on any atom is 0.412 e. The third-order valence-corrected chi connectivity index (χ3v) is 5.31. The van der Waals surface area contributed by atoms with Gasteiger partial charge in [-0.25, -0.2) is 9.18 Å². The van der Waals surface area contributed by atoms with E-state index < -0.39 is 35.4 Å².